The Morgan fingerprint density at radius 1 is 1.27 bits per heavy atom. The SMILES string of the molecule is Cc1ccc2cc(C#N)c(SCC(=O)N3CCc4ccccc43)nc2c1. The quantitative estimate of drug-likeness (QED) is 0.661. The molecular formula is C21H17N3OS. The highest BCUT2D eigenvalue weighted by Crippen LogP contribution is 2.30. The lowest BCUT2D eigenvalue weighted by Crippen LogP contribution is -2.30. The number of hydrogen-bond donors (Lipinski definition) is 0. The maximum Gasteiger partial charge on any atom is 0.237 e. The van der Waals surface area contributed by atoms with Crippen LogP contribution in [0.15, 0.2) is 53.6 Å². The molecule has 1 aromatic heterocycles. The first-order valence-corrected chi connectivity index (χ1v) is 9.47. The van der Waals surface area contributed by atoms with Gasteiger partial charge in [0, 0.05) is 17.6 Å². The molecule has 2 heterocycles. The molecule has 0 saturated heterocycles. The second-order valence-corrected chi connectivity index (χ2v) is 7.33. The van der Waals surface area contributed by atoms with E-state index in [4.69, 9.17) is 0 Å². The maximum absolute atomic E-state index is 12.7. The minimum atomic E-state index is 0.0509. The van der Waals surface area contributed by atoms with Crippen LogP contribution in [0.25, 0.3) is 10.9 Å². The van der Waals surface area contributed by atoms with Gasteiger partial charge in [-0.2, -0.15) is 5.26 Å². The molecule has 1 aliphatic heterocycles. The molecule has 0 fully saturated rings. The Bertz CT molecular complexity index is 1050. The monoisotopic (exact) mass is 359 g/mol. The Kier molecular flexibility index (Phi) is 4.36. The number of nitrogens with zero attached hydrogens (tertiary/aromatic N) is 3. The van der Waals surface area contributed by atoms with Gasteiger partial charge in [0.15, 0.2) is 0 Å². The third-order valence-electron chi connectivity index (χ3n) is 4.58. The van der Waals surface area contributed by atoms with Gasteiger partial charge in [0.05, 0.1) is 16.8 Å². The van der Waals surface area contributed by atoms with Crippen LogP contribution in [-0.4, -0.2) is 23.2 Å². The Labute approximate surface area is 156 Å². The van der Waals surface area contributed by atoms with E-state index < -0.39 is 0 Å². The Hall–Kier alpha value is -2.84. The molecule has 5 heteroatoms. The number of amides is 1. The fourth-order valence-corrected chi connectivity index (χ4v) is 4.09. The van der Waals surface area contributed by atoms with E-state index in [0.29, 0.717) is 17.1 Å². The molecule has 1 aliphatic rings. The molecule has 0 aliphatic carbocycles. The van der Waals surface area contributed by atoms with Gasteiger partial charge in [0.2, 0.25) is 5.91 Å². The predicted octanol–water partition coefficient (Wildman–Crippen LogP) is 4.10. The highest BCUT2D eigenvalue weighted by atomic mass is 32.2. The first kappa shape index (κ1) is 16.6. The fraction of sp³-hybridized carbons (Fsp3) is 0.190. The molecule has 0 radical (unpaired) electrons. The summed E-state index contributed by atoms with van der Waals surface area (Å²) in [6.07, 6.45) is 0.892. The van der Waals surface area contributed by atoms with Crippen LogP contribution in [0.1, 0.15) is 16.7 Å². The largest absolute Gasteiger partial charge is 0.311 e. The maximum atomic E-state index is 12.7. The number of fused-ring (bicyclic) bond motifs is 2. The average molecular weight is 359 g/mol. The number of carbonyl (C=O) groups is 1. The Morgan fingerprint density at radius 2 is 2.12 bits per heavy atom. The van der Waals surface area contributed by atoms with Gasteiger partial charge < -0.3 is 4.90 Å². The number of para-hydroxylation sites is 1. The Balaban J connectivity index is 1.56. The van der Waals surface area contributed by atoms with E-state index in [9.17, 15) is 10.1 Å². The summed E-state index contributed by atoms with van der Waals surface area (Å²) in [5.74, 6) is 0.322. The molecule has 0 saturated carbocycles. The minimum absolute atomic E-state index is 0.0509. The average Bonchev–Trinajstić information content (AvgIpc) is 3.09. The third kappa shape index (κ3) is 3.04. The molecule has 2 aromatic carbocycles. The summed E-state index contributed by atoms with van der Waals surface area (Å²) in [7, 11) is 0. The van der Waals surface area contributed by atoms with E-state index in [1.807, 2.05) is 54.3 Å². The van der Waals surface area contributed by atoms with Gasteiger partial charge in [-0.25, -0.2) is 4.98 Å². The van der Waals surface area contributed by atoms with Crippen molar-refractivity contribution in [3.05, 3.63) is 65.2 Å². The zero-order valence-electron chi connectivity index (χ0n) is 14.4. The zero-order valence-corrected chi connectivity index (χ0v) is 15.2. The number of nitriles is 1. The number of thioether (sulfide) groups is 1. The molecule has 0 N–H and O–H groups in total. The third-order valence-corrected chi connectivity index (χ3v) is 5.56. The van der Waals surface area contributed by atoms with Crippen molar-refractivity contribution < 1.29 is 4.79 Å². The van der Waals surface area contributed by atoms with Crippen molar-refractivity contribution >= 4 is 34.3 Å². The number of rotatable bonds is 3. The number of benzene rings is 2. The lowest BCUT2D eigenvalue weighted by Gasteiger charge is -2.17. The van der Waals surface area contributed by atoms with Gasteiger partial charge >= 0.3 is 0 Å². The highest BCUT2D eigenvalue weighted by molar-refractivity contribution is 8.00. The fourth-order valence-electron chi connectivity index (χ4n) is 3.25. The van der Waals surface area contributed by atoms with Crippen LogP contribution >= 0.6 is 11.8 Å². The summed E-state index contributed by atoms with van der Waals surface area (Å²) in [6, 6.07) is 18.0. The molecule has 0 bridgehead atoms. The van der Waals surface area contributed by atoms with Crippen LogP contribution in [0, 0.1) is 18.3 Å². The molecule has 0 unspecified atom stereocenters. The number of hydrogen-bond acceptors (Lipinski definition) is 4. The summed E-state index contributed by atoms with van der Waals surface area (Å²) in [6.45, 7) is 2.73. The molecule has 4 nitrogen and oxygen atoms in total. The number of anilines is 1. The van der Waals surface area contributed by atoms with Crippen molar-refractivity contribution in [2.75, 3.05) is 17.2 Å². The number of aryl methyl sites for hydroxylation is 1. The molecule has 3 aromatic rings. The van der Waals surface area contributed by atoms with Gasteiger partial charge in [-0.3, -0.25) is 4.79 Å². The van der Waals surface area contributed by atoms with Crippen LogP contribution < -0.4 is 4.90 Å². The molecular weight excluding hydrogens is 342 g/mol. The van der Waals surface area contributed by atoms with Crippen LogP contribution in [0.5, 0.6) is 0 Å². The van der Waals surface area contributed by atoms with Crippen molar-refractivity contribution in [2.24, 2.45) is 0 Å². The first-order chi connectivity index (χ1) is 12.7. The first-order valence-electron chi connectivity index (χ1n) is 8.48. The zero-order chi connectivity index (χ0) is 18.1. The second kappa shape index (κ2) is 6.81. The van der Waals surface area contributed by atoms with Gasteiger partial charge in [0.25, 0.3) is 0 Å². The Morgan fingerprint density at radius 3 is 2.96 bits per heavy atom. The van der Waals surface area contributed by atoms with Gasteiger partial charge in [-0.15, -0.1) is 0 Å². The summed E-state index contributed by atoms with van der Waals surface area (Å²) < 4.78 is 0. The predicted molar refractivity (Wildman–Crippen MR) is 104 cm³/mol. The number of carbonyl (C=O) groups excluding carboxylic acids is 1. The van der Waals surface area contributed by atoms with Crippen molar-refractivity contribution in [1.29, 1.82) is 5.26 Å². The van der Waals surface area contributed by atoms with Crippen molar-refractivity contribution in [2.45, 2.75) is 18.4 Å². The molecule has 0 atom stereocenters. The summed E-state index contributed by atoms with van der Waals surface area (Å²) in [5, 5.41) is 11.0. The van der Waals surface area contributed by atoms with Crippen molar-refractivity contribution in [3.8, 4) is 6.07 Å². The van der Waals surface area contributed by atoms with Crippen LogP contribution in [0.3, 0.4) is 0 Å². The van der Waals surface area contributed by atoms with Gasteiger partial charge in [-0.1, -0.05) is 42.1 Å². The normalized spacial score (nSPS) is 12.8. The van der Waals surface area contributed by atoms with Crippen molar-refractivity contribution in [3.63, 3.8) is 0 Å². The van der Waals surface area contributed by atoms with Gasteiger partial charge in [0.1, 0.15) is 11.1 Å². The van der Waals surface area contributed by atoms with Crippen LogP contribution in [-0.2, 0) is 11.2 Å². The van der Waals surface area contributed by atoms with E-state index in [1.54, 1.807) is 0 Å². The number of pyridine rings is 1. The van der Waals surface area contributed by atoms with Crippen molar-refractivity contribution in [1.82, 2.24) is 4.98 Å². The molecule has 128 valence electrons. The smallest absolute Gasteiger partial charge is 0.237 e. The van der Waals surface area contributed by atoms with E-state index in [-0.39, 0.29) is 11.7 Å². The van der Waals surface area contributed by atoms with Crippen LogP contribution in [0.2, 0.25) is 0 Å². The molecule has 0 spiro atoms. The van der Waals surface area contributed by atoms with Crippen LogP contribution in [0.4, 0.5) is 5.69 Å². The number of aromatic nitrogens is 1. The molecule has 4 rings (SSSR count). The molecule has 1 amide bonds. The highest BCUT2D eigenvalue weighted by Gasteiger charge is 2.24. The summed E-state index contributed by atoms with van der Waals surface area (Å²) in [5.41, 5.74) is 4.70. The van der Waals surface area contributed by atoms with E-state index in [0.717, 1.165) is 28.6 Å². The van der Waals surface area contributed by atoms with E-state index in [2.05, 4.69) is 17.1 Å². The molecule has 26 heavy (non-hydrogen) atoms. The standard InChI is InChI=1S/C21H17N3OS/c1-14-6-7-16-11-17(12-22)21(23-18(16)10-14)26-13-20(25)24-9-8-15-4-2-3-5-19(15)24/h2-7,10-11H,8-9,13H2,1H3. The lowest BCUT2D eigenvalue weighted by atomic mass is 10.1. The van der Waals surface area contributed by atoms with E-state index >= 15 is 0 Å². The summed E-state index contributed by atoms with van der Waals surface area (Å²) in [4.78, 5) is 19.1. The second-order valence-electron chi connectivity index (χ2n) is 6.36. The topological polar surface area (TPSA) is 57.0 Å². The summed E-state index contributed by atoms with van der Waals surface area (Å²) >= 11 is 1.34. The minimum Gasteiger partial charge on any atom is -0.311 e. The lowest BCUT2D eigenvalue weighted by molar-refractivity contribution is -0.116. The van der Waals surface area contributed by atoms with Gasteiger partial charge in [-0.05, 0) is 42.7 Å². The van der Waals surface area contributed by atoms with E-state index in [1.165, 1.54) is 17.3 Å².